The number of hydrogen-bond donors (Lipinski definition) is 0. The van der Waals surface area contributed by atoms with Crippen molar-refractivity contribution in [3.8, 4) is 0 Å². The molecule has 0 saturated heterocycles. The van der Waals surface area contributed by atoms with Crippen LogP contribution >= 0.6 is 0 Å². The summed E-state index contributed by atoms with van der Waals surface area (Å²) in [5, 5.41) is 0. The van der Waals surface area contributed by atoms with E-state index in [2.05, 4.69) is 67.5 Å². The highest BCUT2D eigenvalue weighted by atomic mass is 15.1. The Morgan fingerprint density at radius 1 is 0.882 bits per heavy atom. The molecule has 17 heavy (non-hydrogen) atoms. The first-order valence-corrected chi connectivity index (χ1v) is 5.78. The highest BCUT2D eigenvalue weighted by molar-refractivity contribution is 5.56. The SMILES string of the molecule is Cc1ccc(N(C)/C=C/c2ccccc2)cc1. The van der Waals surface area contributed by atoms with Gasteiger partial charge in [-0.15, -0.1) is 0 Å². The molecule has 0 aliphatic rings. The van der Waals surface area contributed by atoms with Crippen LogP contribution in [0.5, 0.6) is 0 Å². The van der Waals surface area contributed by atoms with E-state index in [1.807, 2.05) is 18.2 Å². The van der Waals surface area contributed by atoms with Crippen molar-refractivity contribution in [1.82, 2.24) is 0 Å². The molecule has 0 amide bonds. The molecule has 0 saturated carbocycles. The summed E-state index contributed by atoms with van der Waals surface area (Å²) in [6, 6.07) is 18.8. The average Bonchev–Trinajstić information content (AvgIpc) is 2.38. The summed E-state index contributed by atoms with van der Waals surface area (Å²) in [5.41, 5.74) is 3.70. The van der Waals surface area contributed by atoms with Crippen LogP contribution in [0.4, 0.5) is 5.69 Å². The van der Waals surface area contributed by atoms with Crippen molar-refractivity contribution in [1.29, 1.82) is 0 Å². The maximum atomic E-state index is 2.13. The topological polar surface area (TPSA) is 3.24 Å². The zero-order chi connectivity index (χ0) is 12.1. The molecule has 2 aromatic carbocycles. The molecule has 0 heterocycles. The van der Waals surface area contributed by atoms with Gasteiger partial charge in [-0.25, -0.2) is 0 Å². The van der Waals surface area contributed by atoms with Crippen molar-refractivity contribution in [2.45, 2.75) is 6.92 Å². The zero-order valence-corrected chi connectivity index (χ0v) is 10.3. The van der Waals surface area contributed by atoms with Gasteiger partial charge in [-0.3, -0.25) is 0 Å². The van der Waals surface area contributed by atoms with Crippen LogP contribution in [0.25, 0.3) is 6.08 Å². The third kappa shape index (κ3) is 3.22. The number of nitrogens with zero attached hydrogens (tertiary/aromatic N) is 1. The molecule has 0 bridgehead atoms. The van der Waals surface area contributed by atoms with E-state index in [0.717, 1.165) is 0 Å². The second-order valence-electron chi connectivity index (χ2n) is 4.17. The number of anilines is 1. The van der Waals surface area contributed by atoms with E-state index in [0.29, 0.717) is 0 Å². The third-order valence-electron chi connectivity index (χ3n) is 2.73. The van der Waals surface area contributed by atoms with Crippen LogP contribution in [-0.4, -0.2) is 7.05 Å². The lowest BCUT2D eigenvalue weighted by Gasteiger charge is -2.14. The lowest BCUT2D eigenvalue weighted by atomic mass is 10.2. The highest BCUT2D eigenvalue weighted by Crippen LogP contribution is 2.14. The molecule has 1 nitrogen and oxygen atoms in total. The molecule has 86 valence electrons. The smallest absolute Gasteiger partial charge is 0.0403 e. The molecule has 2 aromatic rings. The Kier molecular flexibility index (Phi) is 3.61. The van der Waals surface area contributed by atoms with Gasteiger partial charge in [0.25, 0.3) is 0 Å². The van der Waals surface area contributed by atoms with Gasteiger partial charge in [0.2, 0.25) is 0 Å². The summed E-state index contributed by atoms with van der Waals surface area (Å²) in [4.78, 5) is 2.12. The molecular formula is C16H17N. The second-order valence-corrected chi connectivity index (χ2v) is 4.17. The number of aryl methyl sites for hydroxylation is 1. The van der Waals surface area contributed by atoms with Crippen molar-refractivity contribution in [2.24, 2.45) is 0 Å². The maximum absolute atomic E-state index is 2.13. The Hall–Kier alpha value is -2.02. The van der Waals surface area contributed by atoms with E-state index in [9.17, 15) is 0 Å². The summed E-state index contributed by atoms with van der Waals surface area (Å²) in [6.45, 7) is 2.10. The quantitative estimate of drug-likeness (QED) is 0.757. The van der Waals surface area contributed by atoms with Gasteiger partial charge in [0.15, 0.2) is 0 Å². The van der Waals surface area contributed by atoms with Crippen LogP contribution in [-0.2, 0) is 0 Å². The summed E-state index contributed by atoms with van der Waals surface area (Å²) in [6.07, 6.45) is 4.19. The minimum absolute atomic E-state index is 1.20. The monoisotopic (exact) mass is 223 g/mol. The summed E-state index contributed by atoms with van der Waals surface area (Å²) >= 11 is 0. The molecule has 0 unspecified atom stereocenters. The van der Waals surface area contributed by atoms with Crippen LogP contribution in [0.3, 0.4) is 0 Å². The summed E-state index contributed by atoms with van der Waals surface area (Å²) < 4.78 is 0. The molecule has 0 fully saturated rings. The van der Waals surface area contributed by atoms with Crippen molar-refractivity contribution >= 4 is 11.8 Å². The summed E-state index contributed by atoms with van der Waals surface area (Å²) in [7, 11) is 2.06. The van der Waals surface area contributed by atoms with Crippen molar-refractivity contribution in [3.63, 3.8) is 0 Å². The van der Waals surface area contributed by atoms with Crippen LogP contribution in [0, 0.1) is 6.92 Å². The first-order chi connectivity index (χ1) is 8.25. The Bertz CT molecular complexity index is 483. The molecule has 1 heteroatoms. The molecule has 0 aromatic heterocycles. The van der Waals surface area contributed by atoms with E-state index in [-0.39, 0.29) is 0 Å². The van der Waals surface area contributed by atoms with Crippen LogP contribution < -0.4 is 4.90 Å². The largest absolute Gasteiger partial charge is 0.351 e. The van der Waals surface area contributed by atoms with Gasteiger partial charge < -0.3 is 4.90 Å². The van der Waals surface area contributed by atoms with Crippen molar-refractivity contribution in [2.75, 3.05) is 11.9 Å². The Labute approximate surface area is 103 Å². The number of benzene rings is 2. The molecule has 0 aliphatic carbocycles. The molecular weight excluding hydrogens is 206 g/mol. The van der Waals surface area contributed by atoms with E-state index in [1.54, 1.807) is 0 Å². The highest BCUT2D eigenvalue weighted by Gasteiger charge is 1.95. The Balaban J connectivity index is 2.09. The molecule has 0 atom stereocenters. The fraction of sp³-hybridized carbons (Fsp3) is 0.125. The van der Waals surface area contributed by atoms with Crippen LogP contribution in [0.2, 0.25) is 0 Å². The molecule has 0 spiro atoms. The average molecular weight is 223 g/mol. The van der Waals surface area contributed by atoms with Gasteiger partial charge in [0.1, 0.15) is 0 Å². The van der Waals surface area contributed by atoms with E-state index in [1.165, 1.54) is 16.8 Å². The van der Waals surface area contributed by atoms with Gasteiger partial charge in [-0.05, 0) is 30.7 Å². The fourth-order valence-electron chi connectivity index (χ4n) is 1.63. The van der Waals surface area contributed by atoms with E-state index >= 15 is 0 Å². The van der Waals surface area contributed by atoms with E-state index in [4.69, 9.17) is 0 Å². The van der Waals surface area contributed by atoms with Gasteiger partial charge in [0, 0.05) is 18.9 Å². The Morgan fingerprint density at radius 3 is 2.18 bits per heavy atom. The van der Waals surface area contributed by atoms with Crippen LogP contribution in [0.1, 0.15) is 11.1 Å². The molecule has 0 N–H and O–H groups in total. The second kappa shape index (κ2) is 5.35. The molecule has 0 aliphatic heterocycles. The van der Waals surface area contributed by atoms with Gasteiger partial charge >= 0.3 is 0 Å². The first-order valence-electron chi connectivity index (χ1n) is 5.78. The minimum Gasteiger partial charge on any atom is -0.351 e. The first kappa shape index (κ1) is 11.5. The fourth-order valence-corrected chi connectivity index (χ4v) is 1.63. The minimum atomic E-state index is 1.20. The van der Waals surface area contributed by atoms with Crippen molar-refractivity contribution < 1.29 is 0 Å². The van der Waals surface area contributed by atoms with Crippen molar-refractivity contribution in [3.05, 3.63) is 71.9 Å². The van der Waals surface area contributed by atoms with Gasteiger partial charge in [0.05, 0.1) is 0 Å². The maximum Gasteiger partial charge on any atom is 0.0403 e. The standard InChI is InChI=1S/C16H17N/c1-14-8-10-16(11-9-14)17(2)13-12-15-6-4-3-5-7-15/h3-13H,1-2H3/b13-12+. The lowest BCUT2D eigenvalue weighted by molar-refractivity contribution is 1.21. The predicted molar refractivity (Wildman–Crippen MR) is 75.1 cm³/mol. The van der Waals surface area contributed by atoms with Gasteiger partial charge in [-0.1, -0.05) is 48.0 Å². The molecule has 0 radical (unpaired) electrons. The molecule has 2 rings (SSSR count). The van der Waals surface area contributed by atoms with Crippen LogP contribution in [0.15, 0.2) is 60.8 Å². The predicted octanol–water partition coefficient (Wildman–Crippen LogP) is 4.10. The summed E-state index contributed by atoms with van der Waals surface area (Å²) in [5.74, 6) is 0. The third-order valence-corrected chi connectivity index (χ3v) is 2.73. The number of rotatable bonds is 3. The zero-order valence-electron chi connectivity index (χ0n) is 10.3. The lowest BCUT2D eigenvalue weighted by Crippen LogP contribution is -2.07. The number of hydrogen-bond acceptors (Lipinski definition) is 1. The normalized spacial score (nSPS) is 10.7. The van der Waals surface area contributed by atoms with Gasteiger partial charge in [-0.2, -0.15) is 0 Å². The Morgan fingerprint density at radius 2 is 1.53 bits per heavy atom. The van der Waals surface area contributed by atoms with E-state index < -0.39 is 0 Å².